The van der Waals surface area contributed by atoms with E-state index in [-0.39, 0.29) is 0 Å². The van der Waals surface area contributed by atoms with E-state index in [1.54, 1.807) is 6.20 Å². The van der Waals surface area contributed by atoms with Crippen molar-refractivity contribution in [1.82, 2.24) is 0 Å². The summed E-state index contributed by atoms with van der Waals surface area (Å²) in [6.45, 7) is 5.96. The highest BCUT2D eigenvalue weighted by Gasteiger charge is 2.26. The number of hydrogen-bond acceptors (Lipinski definition) is 1. The summed E-state index contributed by atoms with van der Waals surface area (Å²) in [5.74, 6) is 1.11. The molecule has 1 aliphatic rings. The molecule has 0 aromatic rings. The second-order valence-electron chi connectivity index (χ2n) is 3.21. The van der Waals surface area contributed by atoms with Crippen LogP contribution in [0.2, 0.25) is 0 Å². The molecule has 1 rings (SSSR count). The Labute approximate surface area is 74.7 Å². The molecule has 1 fully saturated rings. The summed E-state index contributed by atoms with van der Waals surface area (Å²) in [6.07, 6.45) is 10.4. The first kappa shape index (κ1) is 9.11. The summed E-state index contributed by atoms with van der Waals surface area (Å²) in [6, 6.07) is 0. The van der Waals surface area contributed by atoms with E-state index in [2.05, 4.69) is 25.7 Å². The summed E-state index contributed by atoms with van der Waals surface area (Å²) in [4.78, 5) is 0. The molecule has 0 spiro atoms. The Bertz CT molecular complexity index is 213. The highest BCUT2D eigenvalue weighted by atomic mass is 14.5. The summed E-state index contributed by atoms with van der Waals surface area (Å²) in [5.41, 5.74) is 6.89. The Morgan fingerprint density at radius 1 is 1.58 bits per heavy atom. The van der Waals surface area contributed by atoms with Crippen LogP contribution >= 0.6 is 0 Å². The maximum Gasteiger partial charge on any atom is 0.00375 e. The van der Waals surface area contributed by atoms with Crippen molar-refractivity contribution in [2.75, 3.05) is 0 Å². The first-order chi connectivity index (χ1) is 5.83. The fraction of sp³-hybridized carbons (Fsp3) is 0.455. The molecule has 1 heteroatoms. The van der Waals surface area contributed by atoms with E-state index in [9.17, 15) is 0 Å². The van der Waals surface area contributed by atoms with E-state index in [0.717, 1.165) is 0 Å². The van der Waals surface area contributed by atoms with Crippen LogP contribution < -0.4 is 5.73 Å². The van der Waals surface area contributed by atoms with Gasteiger partial charge in [-0.25, -0.2) is 0 Å². The van der Waals surface area contributed by atoms with Crippen LogP contribution in [0.5, 0.6) is 0 Å². The predicted molar refractivity (Wildman–Crippen MR) is 53.5 cm³/mol. The Hall–Kier alpha value is -0.980. The van der Waals surface area contributed by atoms with E-state index in [1.807, 2.05) is 6.08 Å². The van der Waals surface area contributed by atoms with Crippen molar-refractivity contribution in [2.24, 2.45) is 17.6 Å². The quantitative estimate of drug-likeness (QED) is 0.622. The minimum atomic E-state index is 0.523. The molecule has 0 aromatic carbocycles. The number of hydrogen-bond donors (Lipinski definition) is 1. The number of nitrogens with two attached hydrogens (primary N) is 1. The van der Waals surface area contributed by atoms with Crippen LogP contribution in [0.15, 0.2) is 36.6 Å². The first-order valence-corrected chi connectivity index (χ1v) is 4.49. The van der Waals surface area contributed by atoms with Crippen molar-refractivity contribution >= 4 is 0 Å². The van der Waals surface area contributed by atoms with Gasteiger partial charge in [0.15, 0.2) is 0 Å². The first-order valence-electron chi connectivity index (χ1n) is 4.49. The maximum absolute atomic E-state index is 5.38. The van der Waals surface area contributed by atoms with Crippen molar-refractivity contribution in [1.29, 1.82) is 0 Å². The van der Waals surface area contributed by atoms with Gasteiger partial charge in [0.1, 0.15) is 0 Å². The molecule has 0 bridgehead atoms. The zero-order valence-electron chi connectivity index (χ0n) is 7.66. The Morgan fingerprint density at radius 3 is 2.83 bits per heavy atom. The summed E-state index contributed by atoms with van der Waals surface area (Å²) < 4.78 is 0. The van der Waals surface area contributed by atoms with Crippen LogP contribution in [0.3, 0.4) is 0 Å². The topological polar surface area (TPSA) is 26.0 Å². The highest BCUT2D eigenvalue weighted by molar-refractivity contribution is 5.21. The molecule has 66 valence electrons. The third-order valence-electron chi connectivity index (χ3n) is 2.64. The second-order valence-corrected chi connectivity index (χ2v) is 3.21. The summed E-state index contributed by atoms with van der Waals surface area (Å²) in [7, 11) is 0. The van der Waals surface area contributed by atoms with Crippen LogP contribution in [-0.2, 0) is 0 Å². The molecule has 2 atom stereocenters. The average Bonchev–Trinajstić information content (AvgIpc) is 2.47. The monoisotopic (exact) mass is 163 g/mol. The molecule has 0 aliphatic heterocycles. The van der Waals surface area contributed by atoms with E-state index in [0.29, 0.717) is 11.8 Å². The van der Waals surface area contributed by atoms with Crippen LogP contribution in [0.1, 0.15) is 19.8 Å². The molecule has 0 heterocycles. The van der Waals surface area contributed by atoms with E-state index in [1.165, 1.54) is 18.4 Å². The minimum absolute atomic E-state index is 0.523. The standard InChI is InChI=1S/C11H17N/c1-3-9-5-6-10(7-8-12)11(9)4-2/h3-4,7-8,10-11H,2,5-6,12H2,1H3/b8-7-,9-3+. The van der Waals surface area contributed by atoms with Crippen molar-refractivity contribution in [3.8, 4) is 0 Å². The fourth-order valence-corrected chi connectivity index (χ4v) is 1.98. The van der Waals surface area contributed by atoms with Gasteiger partial charge in [-0.2, -0.15) is 0 Å². The molecule has 0 aromatic heterocycles. The van der Waals surface area contributed by atoms with Crippen LogP contribution in [-0.4, -0.2) is 0 Å². The molecule has 0 saturated heterocycles. The van der Waals surface area contributed by atoms with E-state index >= 15 is 0 Å². The molecular weight excluding hydrogens is 146 g/mol. The SMILES string of the molecule is C=CC1/C(=C/C)CCC1/C=C\N. The van der Waals surface area contributed by atoms with Gasteiger partial charge in [0, 0.05) is 5.92 Å². The fourth-order valence-electron chi connectivity index (χ4n) is 1.98. The Balaban J connectivity index is 2.75. The van der Waals surface area contributed by atoms with Crippen molar-refractivity contribution in [3.05, 3.63) is 36.6 Å². The third-order valence-corrected chi connectivity index (χ3v) is 2.64. The molecule has 0 amide bonds. The van der Waals surface area contributed by atoms with E-state index in [4.69, 9.17) is 5.73 Å². The molecule has 1 nitrogen and oxygen atoms in total. The summed E-state index contributed by atoms with van der Waals surface area (Å²) in [5, 5.41) is 0. The van der Waals surface area contributed by atoms with E-state index < -0.39 is 0 Å². The molecule has 12 heavy (non-hydrogen) atoms. The van der Waals surface area contributed by atoms with Gasteiger partial charge in [0.2, 0.25) is 0 Å². The average molecular weight is 163 g/mol. The van der Waals surface area contributed by atoms with Crippen LogP contribution in [0.25, 0.3) is 0 Å². The van der Waals surface area contributed by atoms with Crippen molar-refractivity contribution < 1.29 is 0 Å². The third kappa shape index (κ3) is 1.60. The number of rotatable bonds is 2. The molecular formula is C11H17N. The van der Waals surface area contributed by atoms with Gasteiger partial charge in [-0.3, -0.25) is 0 Å². The normalized spacial score (nSPS) is 33.2. The van der Waals surface area contributed by atoms with Crippen molar-refractivity contribution in [2.45, 2.75) is 19.8 Å². The zero-order chi connectivity index (χ0) is 8.97. The molecule has 0 radical (unpaired) electrons. The Kier molecular flexibility index (Phi) is 3.15. The zero-order valence-corrected chi connectivity index (χ0v) is 7.66. The van der Waals surface area contributed by atoms with Gasteiger partial charge in [0.05, 0.1) is 0 Å². The lowest BCUT2D eigenvalue weighted by molar-refractivity contribution is 0.595. The van der Waals surface area contributed by atoms with Gasteiger partial charge in [-0.1, -0.05) is 23.8 Å². The van der Waals surface area contributed by atoms with Gasteiger partial charge in [0.25, 0.3) is 0 Å². The van der Waals surface area contributed by atoms with Crippen molar-refractivity contribution in [3.63, 3.8) is 0 Å². The lowest BCUT2D eigenvalue weighted by Crippen LogP contribution is -2.03. The minimum Gasteiger partial charge on any atom is -0.405 e. The lowest BCUT2D eigenvalue weighted by Gasteiger charge is -2.11. The molecule has 2 N–H and O–H groups in total. The van der Waals surface area contributed by atoms with Crippen LogP contribution in [0, 0.1) is 11.8 Å². The molecule has 1 saturated carbocycles. The predicted octanol–water partition coefficient (Wildman–Crippen LogP) is 2.62. The highest BCUT2D eigenvalue weighted by Crippen LogP contribution is 2.37. The Morgan fingerprint density at radius 2 is 2.33 bits per heavy atom. The second kappa shape index (κ2) is 4.15. The van der Waals surface area contributed by atoms with Gasteiger partial charge >= 0.3 is 0 Å². The number of allylic oxidation sites excluding steroid dienone is 4. The summed E-state index contributed by atoms with van der Waals surface area (Å²) >= 11 is 0. The smallest absolute Gasteiger partial charge is 0.00375 e. The largest absolute Gasteiger partial charge is 0.405 e. The van der Waals surface area contributed by atoms with Gasteiger partial charge in [-0.05, 0) is 31.9 Å². The van der Waals surface area contributed by atoms with Crippen LogP contribution in [0.4, 0.5) is 0 Å². The molecule has 1 aliphatic carbocycles. The maximum atomic E-state index is 5.38. The molecule has 2 unspecified atom stereocenters. The lowest BCUT2D eigenvalue weighted by atomic mass is 9.93. The van der Waals surface area contributed by atoms with Gasteiger partial charge in [-0.15, -0.1) is 6.58 Å². The van der Waals surface area contributed by atoms with Gasteiger partial charge < -0.3 is 5.73 Å².